The van der Waals surface area contributed by atoms with Crippen LogP contribution in [-0.4, -0.2) is 29.2 Å². The molecule has 0 fully saturated rings. The molecular formula is C22H23Cl2NO4. The van der Waals surface area contributed by atoms with E-state index in [9.17, 15) is 9.59 Å². The Bertz CT molecular complexity index is 876. The third-order valence-corrected chi connectivity index (χ3v) is 4.16. The largest absolute Gasteiger partial charge is 0.444 e. The van der Waals surface area contributed by atoms with Gasteiger partial charge in [-0.25, -0.2) is 14.5 Å². The summed E-state index contributed by atoms with van der Waals surface area (Å²) in [6.07, 6.45) is 1.70. The zero-order chi connectivity index (χ0) is 21.4. The number of hydrogen-bond donors (Lipinski definition) is 0. The summed E-state index contributed by atoms with van der Waals surface area (Å²) < 4.78 is 10.6. The van der Waals surface area contributed by atoms with Gasteiger partial charge in [-0.3, -0.25) is 0 Å². The molecule has 0 heterocycles. The van der Waals surface area contributed by atoms with Crippen LogP contribution in [0.4, 0.5) is 9.59 Å². The quantitative estimate of drug-likeness (QED) is 0.531. The molecule has 0 aliphatic heterocycles. The lowest BCUT2D eigenvalue weighted by atomic mass is 10.2. The van der Waals surface area contributed by atoms with Gasteiger partial charge in [-0.1, -0.05) is 65.7 Å². The first-order valence-electron chi connectivity index (χ1n) is 8.98. The second-order valence-electron chi connectivity index (χ2n) is 7.20. The van der Waals surface area contributed by atoms with E-state index in [1.165, 1.54) is 0 Å². The molecule has 0 saturated heterocycles. The van der Waals surface area contributed by atoms with Crippen LogP contribution in [0.2, 0.25) is 10.0 Å². The van der Waals surface area contributed by atoms with Crippen LogP contribution in [0.25, 0.3) is 6.08 Å². The molecule has 29 heavy (non-hydrogen) atoms. The summed E-state index contributed by atoms with van der Waals surface area (Å²) in [5.41, 5.74) is 0.724. The fraction of sp³-hybridized carbons (Fsp3) is 0.273. The minimum Gasteiger partial charge on any atom is -0.444 e. The third kappa shape index (κ3) is 7.80. The lowest BCUT2D eigenvalue weighted by Crippen LogP contribution is -2.41. The van der Waals surface area contributed by atoms with Crippen molar-refractivity contribution in [2.75, 3.05) is 6.54 Å². The Morgan fingerprint density at radius 2 is 1.72 bits per heavy atom. The van der Waals surface area contributed by atoms with Gasteiger partial charge >= 0.3 is 12.2 Å². The summed E-state index contributed by atoms with van der Waals surface area (Å²) in [6.45, 7) is 5.16. The van der Waals surface area contributed by atoms with E-state index in [-0.39, 0.29) is 13.2 Å². The van der Waals surface area contributed by atoms with E-state index in [1.807, 2.05) is 30.3 Å². The van der Waals surface area contributed by atoms with Crippen LogP contribution < -0.4 is 0 Å². The molecule has 0 aromatic heterocycles. The van der Waals surface area contributed by atoms with Crippen molar-refractivity contribution in [3.63, 3.8) is 0 Å². The summed E-state index contributed by atoms with van der Waals surface area (Å²) in [5.74, 6) is 0. The minimum atomic E-state index is -0.801. The van der Waals surface area contributed by atoms with Crippen LogP contribution in [0, 0.1) is 0 Å². The number of amides is 2. The zero-order valence-electron chi connectivity index (χ0n) is 16.5. The van der Waals surface area contributed by atoms with E-state index in [0.717, 1.165) is 10.5 Å². The smallest absolute Gasteiger partial charge is 0.420 e. The fourth-order valence-corrected chi connectivity index (χ4v) is 2.63. The number of imide groups is 1. The molecule has 0 spiro atoms. The van der Waals surface area contributed by atoms with Gasteiger partial charge in [0.05, 0.1) is 6.54 Å². The normalized spacial score (nSPS) is 11.3. The van der Waals surface area contributed by atoms with Gasteiger partial charge in [0.2, 0.25) is 0 Å². The summed E-state index contributed by atoms with van der Waals surface area (Å²) in [4.78, 5) is 25.9. The maximum atomic E-state index is 12.5. The van der Waals surface area contributed by atoms with Crippen molar-refractivity contribution in [3.8, 4) is 0 Å². The lowest BCUT2D eigenvalue weighted by molar-refractivity contribution is 0.0231. The number of ether oxygens (including phenoxy) is 2. The van der Waals surface area contributed by atoms with E-state index in [4.69, 9.17) is 32.7 Å². The molecule has 0 aliphatic rings. The maximum absolute atomic E-state index is 12.5. The lowest BCUT2D eigenvalue weighted by Gasteiger charge is -2.25. The molecule has 154 valence electrons. The van der Waals surface area contributed by atoms with Gasteiger partial charge in [0.1, 0.15) is 12.2 Å². The molecule has 2 aromatic rings. The van der Waals surface area contributed by atoms with Crippen LogP contribution >= 0.6 is 23.2 Å². The molecule has 2 amide bonds. The van der Waals surface area contributed by atoms with Crippen LogP contribution in [0.1, 0.15) is 31.9 Å². The van der Waals surface area contributed by atoms with Crippen molar-refractivity contribution >= 4 is 41.5 Å². The fourth-order valence-electron chi connectivity index (χ4n) is 2.27. The van der Waals surface area contributed by atoms with E-state index in [1.54, 1.807) is 51.1 Å². The first kappa shape index (κ1) is 22.8. The number of nitrogens with zero attached hydrogens (tertiary/aromatic N) is 1. The first-order chi connectivity index (χ1) is 13.7. The Hall–Kier alpha value is -2.50. The number of rotatable bonds is 5. The van der Waals surface area contributed by atoms with Crippen LogP contribution in [-0.2, 0) is 16.1 Å². The summed E-state index contributed by atoms with van der Waals surface area (Å²) in [6, 6.07) is 14.2. The molecule has 0 aliphatic carbocycles. The van der Waals surface area contributed by atoms with Gasteiger partial charge in [0.15, 0.2) is 0 Å². The summed E-state index contributed by atoms with van der Waals surface area (Å²) in [5, 5.41) is 1.03. The van der Waals surface area contributed by atoms with Crippen molar-refractivity contribution in [1.82, 2.24) is 4.90 Å². The highest BCUT2D eigenvalue weighted by Crippen LogP contribution is 2.22. The van der Waals surface area contributed by atoms with E-state index >= 15 is 0 Å². The average molecular weight is 436 g/mol. The predicted molar refractivity (Wildman–Crippen MR) is 115 cm³/mol. The van der Waals surface area contributed by atoms with Crippen LogP contribution in [0.5, 0.6) is 0 Å². The van der Waals surface area contributed by atoms with Crippen molar-refractivity contribution in [1.29, 1.82) is 0 Å². The highest BCUT2D eigenvalue weighted by atomic mass is 35.5. The van der Waals surface area contributed by atoms with E-state index in [2.05, 4.69) is 0 Å². The molecule has 0 saturated carbocycles. The first-order valence-corrected chi connectivity index (χ1v) is 9.74. The number of carbonyl (C=O) groups is 2. The third-order valence-electron chi connectivity index (χ3n) is 3.58. The molecule has 0 radical (unpaired) electrons. The molecule has 0 atom stereocenters. The van der Waals surface area contributed by atoms with Crippen molar-refractivity contribution in [3.05, 3.63) is 75.8 Å². The van der Waals surface area contributed by atoms with E-state index < -0.39 is 17.8 Å². The molecule has 0 N–H and O–H groups in total. The van der Waals surface area contributed by atoms with Crippen LogP contribution in [0.3, 0.4) is 0 Å². The number of hydrogen-bond acceptors (Lipinski definition) is 4. The number of carbonyl (C=O) groups excluding carboxylic acids is 2. The van der Waals surface area contributed by atoms with E-state index in [0.29, 0.717) is 15.6 Å². The number of benzene rings is 2. The Balaban J connectivity index is 2.11. The van der Waals surface area contributed by atoms with Gasteiger partial charge in [-0.05, 0) is 50.1 Å². The molecule has 0 unspecified atom stereocenters. The Kier molecular flexibility index (Phi) is 8.11. The zero-order valence-corrected chi connectivity index (χ0v) is 18.0. The summed E-state index contributed by atoms with van der Waals surface area (Å²) in [7, 11) is 0. The van der Waals surface area contributed by atoms with Crippen molar-refractivity contribution < 1.29 is 19.1 Å². The Labute approximate surface area is 180 Å². The van der Waals surface area contributed by atoms with Gasteiger partial charge in [0, 0.05) is 10.0 Å². The maximum Gasteiger partial charge on any atom is 0.420 e. The molecule has 7 heteroatoms. The second-order valence-corrected chi connectivity index (χ2v) is 8.04. The van der Waals surface area contributed by atoms with Crippen molar-refractivity contribution in [2.45, 2.75) is 33.0 Å². The van der Waals surface area contributed by atoms with Gasteiger partial charge in [0.25, 0.3) is 0 Å². The average Bonchev–Trinajstić information content (AvgIpc) is 2.65. The standard InChI is InChI=1S/C22H23Cl2NO4/c1-22(2,3)29-21(27)25(20(26)28-15-16-8-5-4-6-9-16)13-7-10-17-14-18(23)11-12-19(17)24/h4-12,14H,13,15H2,1-3H3/b10-7+. The SMILES string of the molecule is CC(C)(C)OC(=O)N(C/C=C/c1cc(Cl)ccc1Cl)C(=O)OCc1ccccc1. The molecule has 0 bridgehead atoms. The molecular weight excluding hydrogens is 413 g/mol. The van der Waals surface area contributed by atoms with Crippen LogP contribution in [0.15, 0.2) is 54.6 Å². The predicted octanol–water partition coefficient (Wildman–Crippen LogP) is 6.58. The highest BCUT2D eigenvalue weighted by molar-refractivity contribution is 6.34. The summed E-state index contributed by atoms with van der Waals surface area (Å²) >= 11 is 12.1. The number of halogens is 2. The molecule has 2 rings (SSSR count). The minimum absolute atomic E-state index is 0.0445. The molecule has 5 nitrogen and oxygen atoms in total. The second kappa shape index (κ2) is 10.3. The molecule has 2 aromatic carbocycles. The van der Waals surface area contributed by atoms with Gasteiger partial charge in [-0.2, -0.15) is 0 Å². The van der Waals surface area contributed by atoms with Crippen molar-refractivity contribution in [2.24, 2.45) is 0 Å². The van der Waals surface area contributed by atoms with Gasteiger partial charge < -0.3 is 9.47 Å². The highest BCUT2D eigenvalue weighted by Gasteiger charge is 2.27. The Morgan fingerprint density at radius 3 is 2.38 bits per heavy atom. The Morgan fingerprint density at radius 1 is 1.03 bits per heavy atom. The van der Waals surface area contributed by atoms with Gasteiger partial charge in [-0.15, -0.1) is 0 Å². The monoisotopic (exact) mass is 435 g/mol. The topological polar surface area (TPSA) is 55.8 Å².